The summed E-state index contributed by atoms with van der Waals surface area (Å²) >= 11 is 0. The zero-order valence-electron chi connectivity index (χ0n) is 12.8. The van der Waals surface area contributed by atoms with E-state index in [1.165, 1.54) is 7.11 Å². The Balaban J connectivity index is 2.31. The Morgan fingerprint density at radius 2 is 2.10 bits per heavy atom. The van der Waals surface area contributed by atoms with Crippen LogP contribution in [0, 0.1) is 5.92 Å². The van der Waals surface area contributed by atoms with Gasteiger partial charge in [0.25, 0.3) is 0 Å². The van der Waals surface area contributed by atoms with E-state index < -0.39 is 0 Å². The van der Waals surface area contributed by atoms with Crippen LogP contribution in [0.4, 0.5) is 5.82 Å². The fourth-order valence-electron chi connectivity index (χ4n) is 2.34. The summed E-state index contributed by atoms with van der Waals surface area (Å²) in [5.74, 6) is 1.22. The number of pyridine rings is 1. The van der Waals surface area contributed by atoms with Crippen molar-refractivity contribution in [2.24, 2.45) is 5.92 Å². The molecule has 0 bridgehead atoms. The normalized spacial score (nSPS) is 12.0. The molecule has 2 rings (SSSR count). The number of aromatic nitrogens is 1. The second-order valence-corrected chi connectivity index (χ2v) is 5.03. The summed E-state index contributed by atoms with van der Waals surface area (Å²) < 4.78 is 10.0. The monoisotopic (exact) mass is 288 g/mol. The quantitative estimate of drug-likeness (QED) is 0.791. The van der Waals surface area contributed by atoms with Gasteiger partial charge in [0.05, 0.1) is 20.1 Å². The second-order valence-electron chi connectivity index (χ2n) is 5.03. The van der Waals surface area contributed by atoms with Gasteiger partial charge in [-0.1, -0.05) is 6.92 Å². The minimum Gasteiger partial charge on any atom is -0.497 e. The van der Waals surface area contributed by atoms with Crippen LogP contribution in [0.2, 0.25) is 0 Å². The molecule has 0 aliphatic rings. The average Bonchev–Trinajstić information content (AvgIpc) is 2.52. The van der Waals surface area contributed by atoms with Gasteiger partial charge in [-0.2, -0.15) is 0 Å². The van der Waals surface area contributed by atoms with Crippen molar-refractivity contribution in [2.45, 2.75) is 6.92 Å². The Bertz CT molecular complexity index is 642. The van der Waals surface area contributed by atoms with Crippen LogP contribution < -0.4 is 9.64 Å². The largest absolute Gasteiger partial charge is 0.497 e. The molecule has 0 aliphatic heterocycles. The maximum absolute atomic E-state index is 11.5. The molecule has 0 aliphatic carbocycles. The molecule has 0 amide bonds. The number of hydrogen-bond donors (Lipinski definition) is 0. The predicted octanol–water partition coefficient (Wildman–Crippen LogP) is 2.49. The highest BCUT2D eigenvalue weighted by Crippen LogP contribution is 2.27. The van der Waals surface area contributed by atoms with E-state index in [2.05, 4.69) is 4.98 Å². The van der Waals surface area contributed by atoms with Gasteiger partial charge >= 0.3 is 5.97 Å². The van der Waals surface area contributed by atoms with Gasteiger partial charge < -0.3 is 14.4 Å². The van der Waals surface area contributed by atoms with Gasteiger partial charge in [0.2, 0.25) is 0 Å². The van der Waals surface area contributed by atoms with Gasteiger partial charge in [0.1, 0.15) is 11.6 Å². The molecule has 0 fully saturated rings. The predicted molar refractivity (Wildman–Crippen MR) is 82.7 cm³/mol. The minimum atomic E-state index is -0.219. The Hall–Kier alpha value is -2.30. The highest BCUT2D eigenvalue weighted by molar-refractivity contribution is 5.93. The minimum absolute atomic E-state index is 0.213. The topological polar surface area (TPSA) is 51.7 Å². The van der Waals surface area contributed by atoms with Gasteiger partial charge in [-0.25, -0.2) is 4.98 Å². The first-order valence-electron chi connectivity index (χ1n) is 6.78. The number of carbonyl (C=O) groups is 1. The van der Waals surface area contributed by atoms with Gasteiger partial charge in [0, 0.05) is 25.2 Å². The lowest BCUT2D eigenvalue weighted by atomic mass is 10.1. The summed E-state index contributed by atoms with van der Waals surface area (Å²) in [6, 6.07) is 7.80. The Morgan fingerprint density at radius 3 is 2.76 bits per heavy atom. The van der Waals surface area contributed by atoms with Crippen LogP contribution >= 0.6 is 0 Å². The van der Waals surface area contributed by atoms with Crippen molar-refractivity contribution in [3.05, 3.63) is 30.5 Å². The van der Waals surface area contributed by atoms with Crippen LogP contribution in [0.15, 0.2) is 30.5 Å². The van der Waals surface area contributed by atoms with Crippen molar-refractivity contribution in [3.8, 4) is 5.75 Å². The number of rotatable bonds is 5. The molecule has 1 unspecified atom stereocenters. The smallest absolute Gasteiger partial charge is 0.310 e. The van der Waals surface area contributed by atoms with Crippen molar-refractivity contribution < 1.29 is 14.3 Å². The maximum Gasteiger partial charge on any atom is 0.310 e. The number of hydrogen-bond acceptors (Lipinski definition) is 5. The first-order valence-corrected chi connectivity index (χ1v) is 6.78. The Morgan fingerprint density at radius 1 is 1.33 bits per heavy atom. The molecule has 1 atom stereocenters. The van der Waals surface area contributed by atoms with E-state index in [1.54, 1.807) is 13.3 Å². The molecule has 5 nitrogen and oxygen atoms in total. The van der Waals surface area contributed by atoms with Crippen molar-refractivity contribution >= 4 is 22.6 Å². The van der Waals surface area contributed by atoms with Gasteiger partial charge in [-0.15, -0.1) is 0 Å². The number of esters is 1. The molecular weight excluding hydrogens is 268 g/mol. The molecule has 0 saturated heterocycles. The summed E-state index contributed by atoms with van der Waals surface area (Å²) in [7, 11) is 4.97. The molecule has 0 N–H and O–H groups in total. The van der Waals surface area contributed by atoms with E-state index in [0.717, 1.165) is 22.3 Å². The molecule has 5 heteroatoms. The number of fused-ring (bicyclic) bond motifs is 1. The molecule has 0 saturated carbocycles. The number of anilines is 1. The average molecular weight is 288 g/mol. The summed E-state index contributed by atoms with van der Waals surface area (Å²) in [6.07, 6.45) is 1.76. The van der Waals surface area contributed by atoms with Gasteiger partial charge in [0.15, 0.2) is 0 Å². The van der Waals surface area contributed by atoms with Crippen LogP contribution in [0.3, 0.4) is 0 Å². The second kappa shape index (κ2) is 6.43. The lowest BCUT2D eigenvalue weighted by molar-refractivity contribution is -0.144. The van der Waals surface area contributed by atoms with Crippen LogP contribution in [0.25, 0.3) is 10.8 Å². The van der Waals surface area contributed by atoms with Gasteiger partial charge in [-0.05, 0) is 29.7 Å². The third kappa shape index (κ3) is 3.24. The van der Waals surface area contributed by atoms with Crippen molar-refractivity contribution in [1.82, 2.24) is 4.98 Å². The molecule has 1 aromatic carbocycles. The lowest BCUT2D eigenvalue weighted by Crippen LogP contribution is -2.29. The maximum atomic E-state index is 11.5. The summed E-state index contributed by atoms with van der Waals surface area (Å²) in [5, 5.41) is 2.08. The molecule has 0 spiro atoms. The third-order valence-corrected chi connectivity index (χ3v) is 3.46. The number of nitrogens with zero attached hydrogens (tertiary/aromatic N) is 2. The number of benzene rings is 1. The fraction of sp³-hybridized carbons (Fsp3) is 0.375. The summed E-state index contributed by atoms with van der Waals surface area (Å²) in [6.45, 7) is 2.39. The van der Waals surface area contributed by atoms with E-state index >= 15 is 0 Å². The Labute approximate surface area is 124 Å². The molecule has 112 valence electrons. The Kier molecular flexibility index (Phi) is 4.62. The lowest BCUT2D eigenvalue weighted by Gasteiger charge is -2.22. The molecule has 0 radical (unpaired) electrons. The number of ether oxygens (including phenoxy) is 2. The zero-order valence-corrected chi connectivity index (χ0v) is 12.8. The van der Waals surface area contributed by atoms with E-state index in [0.29, 0.717) is 6.54 Å². The van der Waals surface area contributed by atoms with E-state index in [1.807, 2.05) is 43.1 Å². The summed E-state index contributed by atoms with van der Waals surface area (Å²) in [5.41, 5.74) is 0. The molecule has 21 heavy (non-hydrogen) atoms. The highest BCUT2D eigenvalue weighted by atomic mass is 16.5. The van der Waals surface area contributed by atoms with Crippen molar-refractivity contribution in [2.75, 3.05) is 32.7 Å². The van der Waals surface area contributed by atoms with Crippen LogP contribution in [0.5, 0.6) is 5.75 Å². The zero-order chi connectivity index (χ0) is 15.4. The van der Waals surface area contributed by atoms with Crippen molar-refractivity contribution in [3.63, 3.8) is 0 Å². The van der Waals surface area contributed by atoms with Crippen LogP contribution in [0.1, 0.15) is 6.92 Å². The molecule has 1 aromatic heterocycles. The van der Waals surface area contributed by atoms with E-state index in [9.17, 15) is 4.79 Å². The molecule has 1 heterocycles. The first-order chi connectivity index (χ1) is 10.1. The molecular formula is C16H20N2O3. The van der Waals surface area contributed by atoms with Crippen molar-refractivity contribution in [1.29, 1.82) is 0 Å². The number of methoxy groups -OCH3 is 2. The fourth-order valence-corrected chi connectivity index (χ4v) is 2.34. The van der Waals surface area contributed by atoms with E-state index in [-0.39, 0.29) is 11.9 Å². The first kappa shape index (κ1) is 15.1. The summed E-state index contributed by atoms with van der Waals surface area (Å²) in [4.78, 5) is 17.9. The van der Waals surface area contributed by atoms with E-state index in [4.69, 9.17) is 9.47 Å². The third-order valence-electron chi connectivity index (χ3n) is 3.46. The standard InChI is InChI=1S/C16H20N2O3/c1-11(16(19)21-4)10-18(2)15-14-6-5-13(20-3)9-12(14)7-8-17-15/h5-9,11H,10H2,1-4H3. The van der Waals surface area contributed by atoms with Gasteiger partial charge in [-0.3, -0.25) is 4.79 Å². The molecule has 2 aromatic rings. The van der Waals surface area contributed by atoms with Crippen LogP contribution in [-0.2, 0) is 9.53 Å². The van der Waals surface area contributed by atoms with Crippen LogP contribution in [-0.4, -0.2) is 38.8 Å². The number of carbonyl (C=O) groups excluding carboxylic acids is 1. The highest BCUT2D eigenvalue weighted by Gasteiger charge is 2.17. The SMILES string of the molecule is COC(=O)C(C)CN(C)c1nccc2cc(OC)ccc12.